The van der Waals surface area contributed by atoms with E-state index >= 15 is 0 Å². The Kier molecular flexibility index (Phi) is 25.2. The van der Waals surface area contributed by atoms with Gasteiger partial charge in [-0.2, -0.15) is 35.0 Å². The van der Waals surface area contributed by atoms with Crippen LogP contribution in [0.4, 0.5) is 0 Å². The molecule has 0 aliphatic rings. The van der Waals surface area contributed by atoms with Gasteiger partial charge in [0, 0.05) is 17.6 Å². The second-order valence-corrected chi connectivity index (χ2v) is 13.3. The zero-order valence-electron chi connectivity index (χ0n) is 18.9. The molecule has 0 N–H and O–H groups in total. The Labute approximate surface area is 216 Å². The van der Waals surface area contributed by atoms with Gasteiger partial charge < -0.3 is 0 Å². The van der Waals surface area contributed by atoms with E-state index in [9.17, 15) is 0 Å². The second-order valence-electron chi connectivity index (χ2n) is 7.31. The van der Waals surface area contributed by atoms with Crippen LogP contribution >= 0.6 is 24.8 Å². The van der Waals surface area contributed by atoms with Crippen LogP contribution < -0.4 is 0 Å². The monoisotopic (exact) mass is 566 g/mol. The van der Waals surface area contributed by atoms with Crippen molar-refractivity contribution in [3.63, 3.8) is 0 Å². The molecule has 4 aromatic carbocycles. The van der Waals surface area contributed by atoms with Crippen molar-refractivity contribution < 1.29 is 23.3 Å². The van der Waals surface area contributed by atoms with Crippen molar-refractivity contribution in [2.45, 2.75) is 39.3 Å². The summed E-state index contributed by atoms with van der Waals surface area (Å²) in [6.07, 6.45) is 0. The van der Waals surface area contributed by atoms with Crippen molar-refractivity contribution in [3.05, 3.63) is 84.9 Å². The number of benzene rings is 2. The van der Waals surface area contributed by atoms with Crippen LogP contribution in [0.15, 0.2) is 84.9 Å². The Bertz CT molecular complexity index is 735. The van der Waals surface area contributed by atoms with Crippen LogP contribution in [0.1, 0.15) is 0 Å². The Morgan fingerprint density at radius 3 is 1.10 bits per heavy atom. The van der Waals surface area contributed by atoms with Crippen molar-refractivity contribution in [2.24, 2.45) is 0 Å². The predicted molar refractivity (Wildman–Crippen MR) is 146 cm³/mol. The number of hydrogen-bond donors (Lipinski definition) is 0. The Balaban J connectivity index is -0.000000329. The first-order chi connectivity index (χ1) is 13.4. The second kappa shape index (κ2) is 22.0. The third kappa shape index (κ3) is 17.5. The number of rotatable bonds is 0. The van der Waals surface area contributed by atoms with Crippen molar-refractivity contribution in [2.75, 3.05) is 0 Å². The summed E-state index contributed by atoms with van der Waals surface area (Å²) < 4.78 is 0. The molecule has 30 heavy (non-hydrogen) atoms. The molecule has 0 aliphatic heterocycles. The van der Waals surface area contributed by atoms with Gasteiger partial charge in [-0.15, -0.1) is 84.1 Å². The normalized spacial score (nSPS) is 8.73. The first kappa shape index (κ1) is 34.4. The molecule has 0 heterocycles. The van der Waals surface area contributed by atoms with E-state index in [4.69, 9.17) is 0 Å². The molecule has 4 rings (SSSR count). The van der Waals surface area contributed by atoms with Crippen LogP contribution in [0.2, 0.25) is 39.3 Å². The molecule has 0 atom stereocenters. The van der Waals surface area contributed by atoms with Crippen LogP contribution in [0.3, 0.4) is 0 Å². The summed E-state index contributed by atoms with van der Waals surface area (Å²) in [6, 6.07) is 29.3. The van der Waals surface area contributed by atoms with Gasteiger partial charge in [0.1, 0.15) is 0 Å². The fourth-order valence-electron chi connectivity index (χ4n) is 2.14. The van der Waals surface area contributed by atoms with Gasteiger partial charge >= 0.3 is 30.2 Å². The molecule has 0 bridgehead atoms. The minimum absolute atomic E-state index is 0. The molecule has 0 amide bonds. The summed E-state index contributed by atoms with van der Waals surface area (Å²) in [7, 11) is 0.241. The van der Waals surface area contributed by atoms with Gasteiger partial charge in [-0.05, 0) is 0 Å². The van der Waals surface area contributed by atoms with Crippen molar-refractivity contribution in [1.29, 1.82) is 0 Å². The third-order valence-corrected chi connectivity index (χ3v) is 3.10. The molecule has 4 aromatic rings. The van der Waals surface area contributed by atoms with Gasteiger partial charge in [-0.1, -0.05) is 51.4 Å². The Morgan fingerprint density at radius 1 is 0.567 bits per heavy atom. The third-order valence-electron chi connectivity index (χ3n) is 3.10. The Hall–Kier alpha value is -0.226. The maximum absolute atomic E-state index is 3.06. The molecule has 0 saturated heterocycles. The molecule has 0 spiro atoms. The zero-order chi connectivity index (χ0) is 21.4. The topological polar surface area (TPSA) is 0 Å². The Morgan fingerprint density at radius 2 is 0.833 bits per heavy atom. The van der Waals surface area contributed by atoms with E-state index < -0.39 is 0 Å². The van der Waals surface area contributed by atoms with Gasteiger partial charge in [0.05, 0.1) is 0 Å². The van der Waals surface area contributed by atoms with E-state index in [1.807, 2.05) is 0 Å². The molecular weight excluding hydrogens is 535 g/mol. The largest absolute Gasteiger partial charge is 0.168 e. The molecular formula is C24H34Cl2Si3Zr. The van der Waals surface area contributed by atoms with E-state index in [2.05, 4.69) is 131 Å². The molecule has 4 radical (unpaired) electrons. The van der Waals surface area contributed by atoms with E-state index in [0.717, 1.165) is 0 Å². The summed E-state index contributed by atoms with van der Waals surface area (Å²) >= 11 is 1.36. The fraction of sp³-hybridized carbons (Fsp3) is 0.250. The molecule has 0 fully saturated rings. The summed E-state index contributed by atoms with van der Waals surface area (Å²) in [5.74, 6) is 0. The van der Waals surface area contributed by atoms with Crippen LogP contribution in [-0.4, -0.2) is 24.5 Å². The molecule has 6 heteroatoms. The van der Waals surface area contributed by atoms with Crippen LogP contribution in [0, 0.1) is 0 Å². The predicted octanol–water partition coefficient (Wildman–Crippen LogP) is 8.32. The number of halogens is 2. The summed E-state index contributed by atoms with van der Waals surface area (Å²) in [5.41, 5.74) is 0. The zero-order valence-corrected chi connectivity index (χ0v) is 26.0. The van der Waals surface area contributed by atoms with E-state index in [-0.39, 0.29) is 42.4 Å². The maximum Gasteiger partial charge on any atom is -0.0809 e. The van der Waals surface area contributed by atoms with Crippen molar-refractivity contribution in [3.8, 4) is 0 Å². The van der Waals surface area contributed by atoms with Gasteiger partial charge in [0.25, 0.3) is 0 Å². The summed E-state index contributed by atoms with van der Waals surface area (Å²) in [5, 5.41) is 5.32. The first-order valence-corrected chi connectivity index (χ1v) is 19.6. The van der Waals surface area contributed by atoms with Gasteiger partial charge in [0.15, 0.2) is 0 Å². The summed E-state index contributed by atoms with van der Waals surface area (Å²) in [6.45, 7) is 16.7. The minimum Gasteiger partial charge on any atom is -0.168 e. The van der Waals surface area contributed by atoms with Crippen molar-refractivity contribution in [1.82, 2.24) is 0 Å². The summed E-state index contributed by atoms with van der Waals surface area (Å²) in [4.78, 5) is 0. The maximum atomic E-state index is 3.06. The molecule has 0 unspecified atom stereocenters. The standard InChI is InChI=1S/2C9H7.2C3H9Si.2ClH.Si.Zr/c2*1-2-5-9-7-3-6-8(9)4-1;2*1-4(2)3;;;;/h2*1-7H;2*1-3H3;2*1H;;/q2*-1;;;;;;+2. The molecule has 0 saturated carbocycles. The SMILES string of the molecule is C[Si](C)C.C[Si](C)C.Cl.Cl.[Si]=[Zr+2].c1ccc2[cH-]ccc2c1.c1ccc2[cH-]ccc2c1. The van der Waals surface area contributed by atoms with Crippen molar-refractivity contribution >= 4 is 70.8 Å². The van der Waals surface area contributed by atoms with E-state index in [1.165, 1.54) is 44.9 Å². The van der Waals surface area contributed by atoms with Gasteiger partial charge in [-0.25, -0.2) is 0 Å². The van der Waals surface area contributed by atoms with Crippen LogP contribution in [0.25, 0.3) is 21.5 Å². The van der Waals surface area contributed by atoms with Gasteiger partial charge in [0.2, 0.25) is 0 Å². The van der Waals surface area contributed by atoms with Crippen LogP contribution in [-0.2, 0) is 23.3 Å². The van der Waals surface area contributed by atoms with Gasteiger partial charge in [-0.3, -0.25) is 0 Å². The quantitative estimate of drug-likeness (QED) is 0.148. The molecule has 0 aromatic heterocycles. The molecule has 0 aliphatic carbocycles. The molecule has 0 nitrogen and oxygen atoms in total. The van der Waals surface area contributed by atoms with E-state index in [1.54, 1.807) is 0 Å². The average Bonchev–Trinajstić information content (AvgIpc) is 3.32. The average molecular weight is 569 g/mol. The molecule has 160 valence electrons. The number of hydrogen-bond acceptors (Lipinski definition) is 0. The van der Waals surface area contributed by atoms with Crippen LogP contribution in [0.5, 0.6) is 0 Å². The fourth-order valence-corrected chi connectivity index (χ4v) is 2.14. The van der Waals surface area contributed by atoms with E-state index in [0.29, 0.717) is 0 Å². The number of fused-ring (bicyclic) bond motifs is 2. The smallest absolute Gasteiger partial charge is 0.0809 e. The first-order valence-electron chi connectivity index (χ1n) is 9.39. The minimum atomic E-state index is 0.